The van der Waals surface area contributed by atoms with E-state index in [0.29, 0.717) is 24.5 Å². The molecule has 6 nitrogen and oxygen atoms in total. The third kappa shape index (κ3) is 4.85. The van der Waals surface area contributed by atoms with Crippen LogP contribution in [0.3, 0.4) is 0 Å². The quantitative estimate of drug-likeness (QED) is 0.591. The van der Waals surface area contributed by atoms with Gasteiger partial charge in [-0.3, -0.25) is 9.59 Å². The average Bonchev–Trinajstić information content (AvgIpc) is 2.70. The second-order valence-corrected chi connectivity index (χ2v) is 6.25. The van der Waals surface area contributed by atoms with Gasteiger partial charge in [0, 0.05) is 24.8 Å². The Bertz CT molecular complexity index is 1030. The van der Waals surface area contributed by atoms with Crippen molar-refractivity contribution in [3.8, 4) is 11.4 Å². The molecule has 0 aliphatic carbocycles. The van der Waals surface area contributed by atoms with Gasteiger partial charge in [-0.25, -0.2) is 4.68 Å². The zero-order valence-corrected chi connectivity index (χ0v) is 15.9. The van der Waals surface area contributed by atoms with Crippen LogP contribution in [0.25, 0.3) is 5.69 Å². The van der Waals surface area contributed by atoms with Gasteiger partial charge in [0.15, 0.2) is 0 Å². The monoisotopic (exact) mass is 378 g/mol. The van der Waals surface area contributed by atoms with E-state index in [0.717, 1.165) is 16.8 Å². The van der Waals surface area contributed by atoms with Crippen molar-refractivity contribution in [3.05, 3.63) is 87.8 Å². The summed E-state index contributed by atoms with van der Waals surface area (Å²) in [6, 6.07) is 16.5. The zero-order valence-electron chi connectivity index (χ0n) is 15.9. The molecule has 1 aromatic heterocycles. The number of ether oxygens (including phenoxy) is 2. The van der Waals surface area contributed by atoms with Crippen molar-refractivity contribution in [3.63, 3.8) is 0 Å². The normalized spacial score (nSPS) is 10.5. The van der Waals surface area contributed by atoms with E-state index >= 15 is 0 Å². The van der Waals surface area contributed by atoms with Crippen LogP contribution in [0.4, 0.5) is 0 Å². The number of nitrogens with zero attached hydrogens (tertiary/aromatic N) is 2. The maximum absolute atomic E-state index is 12.3. The molecule has 0 saturated carbocycles. The highest BCUT2D eigenvalue weighted by molar-refractivity contribution is 5.72. The van der Waals surface area contributed by atoms with E-state index in [2.05, 4.69) is 5.10 Å². The maximum Gasteiger partial charge on any atom is 0.310 e. The summed E-state index contributed by atoms with van der Waals surface area (Å²) in [5.74, 6) is 0.448. The third-order valence-electron chi connectivity index (χ3n) is 4.21. The molecule has 0 N–H and O–H groups in total. The number of methoxy groups -OCH3 is 1. The number of carbonyl (C=O) groups excluding carboxylic acids is 1. The van der Waals surface area contributed by atoms with Crippen LogP contribution in [0.5, 0.6) is 5.75 Å². The maximum atomic E-state index is 12.3. The van der Waals surface area contributed by atoms with Gasteiger partial charge in [-0.1, -0.05) is 30.3 Å². The van der Waals surface area contributed by atoms with Crippen molar-refractivity contribution in [2.75, 3.05) is 13.7 Å². The molecule has 0 unspecified atom stereocenters. The molecule has 0 saturated heterocycles. The molecule has 0 aliphatic rings. The van der Waals surface area contributed by atoms with Gasteiger partial charge in [-0.2, -0.15) is 5.10 Å². The molecule has 0 amide bonds. The molecular formula is C22H22N2O4. The van der Waals surface area contributed by atoms with Gasteiger partial charge in [0.25, 0.3) is 0 Å². The SMILES string of the molecule is CCOC(=O)Cc1cccc(Cc2nn(-c3cccc(OC)c3)ccc2=O)c1. The minimum Gasteiger partial charge on any atom is -0.497 e. The fourth-order valence-electron chi connectivity index (χ4n) is 2.89. The molecule has 6 heteroatoms. The Morgan fingerprint density at radius 2 is 1.86 bits per heavy atom. The van der Waals surface area contributed by atoms with Gasteiger partial charge in [-0.05, 0) is 30.2 Å². The van der Waals surface area contributed by atoms with Crippen molar-refractivity contribution < 1.29 is 14.3 Å². The van der Waals surface area contributed by atoms with Crippen LogP contribution in [0.1, 0.15) is 23.7 Å². The summed E-state index contributed by atoms with van der Waals surface area (Å²) in [4.78, 5) is 24.0. The van der Waals surface area contributed by atoms with Crippen LogP contribution in [0.15, 0.2) is 65.6 Å². The largest absolute Gasteiger partial charge is 0.497 e. The predicted molar refractivity (Wildman–Crippen MR) is 106 cm³/mol. The van der Waals surface area contributed by atoms with Crippen LogP contribution in [-0.2, 0) is 22.4 Å². The van der Waals surface area contributed by atoms with Gasteiger partial charge in [0.1, 0.15) is 11.4 Å². The number of carbonyl (C=O) groups is 1. The number of esters is 1. The van der Waals surface area contributed by atoms with E-state index < -0.39 is 0 Å². The number of hydrogen-bond acceptors (Lipinski definition) is 5. The van der Waals surface area contributed by atoms with E-state index in [1.54, 1.807) is 24.9 Å². The van der Waals surface area contributed by atoms with Crippen molar-refractivity contribution in [1.29, 1.82) is 0 Å². The molecule has 3 rings (SSSR count). The number of benzene rings is 2. The Morgan fingerprint density at radius 3 is 2.64 bits per heavy atom. The van der Waals surface area contributed by atoms with Crippen LogP contribution < -0.4 is 10.2 Å². The number of aromatic nitrogens is 2. The van der Waals surface area contributed by atoms with Crippen LogP contribution in [-0.4, -0.2) is 29.5 Å². The molecule has 28 heavy (non-hydrogen) atoms. The Morgan fingerprint density at radius 1 is 1.07 bits per heavy atom. The fourth-order valence-corrected chi connectivity index (χ4v) is 2.89. The van der Waals surface area contributed by atoms with Gasteiger partial charge in [0.2, 0.25) is 5.43 Å². The molecule has 0 fully saturated rings. The lowest BCUT2D eigenvalue weighted by Gasteiger charge is -2.09. The summed E-state index contributed by atoms with van der Waals surface area (Å²) >= 11 is 0. The number of hydrogen-bond donors (Lipinski definition) is 0. The molecule has 0 atom stereocenters. The zero-order chi connectivity index (χ0) is 19.9. The van der Waals surface area contributed by atoms with Crippen LogP contribution in [0, 0.1) is 0 Å². The lowest BCUT2D eigenvalue weighted by molar-refractivity contribution is -0.142. The van der Waals surface area contributed by atoms with E-state index in [1.165, 1.54) is 6.07 Å². The molecule has 0 aliphatic heterocycles. The summed E-state index contributed by atoms with van der Waals surface area (Å²) in [6.45, 7) is 2.14. The third-order valence-corrected chi connectivity index (χ3v) is 4.21. The van der Waals surface area contributed by atoms with E-state index in [-0.39, 0.29) is 17.8 Å². The van der Waals surface area contributed by atoms with Gasteiger partial charge >= 0.3 is 5.97 Å². The van der Waals surface area contributed by atoms with Crippen molar-refractivity contribution in [2.45, 2.75) is 19.8 Å². The Kier molecular flexibility index (Phi) is 6.22. The summed E-state index contributed by atoms with van der Waals surface area (Å²) in [5.41, 5.74) is 2.86. The molecular weight excluding hydrogens is 356 g/mol. The van der Waals surface area contributed by atoms with Crippen molar-refractivity contribution in [1.82, 2.24) is 9.78 Å². The van der Waals surface area contributed by atoms with Gasteiger partial charge < -0.3 is 9.47 Å². The van der Waals surface area contributed by atoms with Gasteiger partial charge in [-0.15, -0.1) is 0 Å². The minimum atomic E-state index is -0.266. The lowest BCUT2D eigenvalue weighted by atomic mass is 10.0. The molecule has 144 valence electrons. The molecule has 0 bridgehead atoms. The smallest absolute Gasteiger partial charge is 0.310 e. The number of rotatable bonds is 7. The molecule has 0 radical (unpaired) electrons. The highest BCUT2D eigenvalue weighted by atomic mass is 16.5. The molecule has 1 heterocycles. The van der Waals surface area contributed by atoms with E-state index in [9.17, 15) is 9.59 Å². The van der Waals surface area contributed by atoms with Crippen molar-refractivity contribution >= 4 is 5.97 Å². The minimum absolute atomic E-state index is 0.130. The topological polar surface area (TPSA) is 70.4 Å². The summed E-state index contributed by atoms with van der Waals surface area (Å²) < 4.78 is 11.9. The standard InChI is InChI=1S/C22H22N2O4/c1-3-28-22(26)14-17-7-4-6-16(12-17)13-20-21(25)10-11-24(23-20)18-8-5-9-19(15-18)27-2/h4-12,15H,3,13-14H2,1-2H3. The first-order valence-electron chi connectivity index (χ1n) is 9.05. The first-order chi connectivity index (χ1) is 13.6. The predicted octanol–water partition coefficient (Wildman–Crippen LogP) is 2.94. The molecule has 0 spiro atoms. The van der Waals surface area contributed by atoms with Crippen LogP contribution >= 0.6 is 0 Å². The summed E-state index contributed by atoms with van der Waals surface area (Å²) in [7, 11) is 1.60. The second-order valence-electron chi connectivity index (χ2n) is 6.25. The average molecular weight is 378 g/mol. The Hall–Kier alpha value is -3.41. The summed E-state index contributed by atoms with van der Waals surface area (Å²) in [5, 5.41) is 4.49. The highest BCUT2D eigenvalue weighted by Crippen LogP contribution is 2.16. The van der Waals surface area contributed by atoms with E-state index in [4.69, 9.17) is 9.47 Å². The van der Waals surface area contributed by atoms with Crippen molar-refractivity contribution in [2.24, 2.45) is 0 Å². The second kappa shape index (κ2) is 8.99. The van der Waals surface area contributed by atoms with Gasteiger partial charge in [0.05, 0.1) is 25.8 Å². The molecule has 2 aromatic carbocycles. The molecule has 3 aromatic rings. The fraction of sp³-hybridized carbons (Fsp3) is 0.227. The highest BCUT2D eigenvalue weighted by Gasteiger charge is 2.09. The summed E-state index contributed by atoms with van der Waals surface area (Å²) in [6.07, 6.45) is 2.22. The first-order valence-corrected chi connectivity index (χ1v) is 9.05. The first kappa shape index (κ1) is 19.4. The Labute approximate surface area is 163 Å². The van der Waals surface area contributed by atoms with Crippen LogP contribution in [0.2, 0.25) is 0 Å². The Balaban J connectivity index is 1.84. The van der Waals surface area contributed by atoms with E-state index in [1.807, 2.05) is 48.5 Å². The lowest BCUT2D eigenvalue weighted by Crippen LogP contribution is -2.16.